The summed E-state index contributed by atoms with van der Waals surface area (Å²) in [6.45, 7) is 3.08. The molecule has 0 unspecified atom stereocenters. The summed E-state index contributed by atoms with van der Waals surface area (Å²) >= 11 is 6.03. The molecular weight excluding hydrogens is 298 g/mol. The van der Waals surface area contributed by atoms with Gasteiger partial charge in [-0.2, -0.15) is 4.31 Å². The molecule has 6 heteroatoms. The highest BCUT2D eigenvalue weighted by molar-refractivity contribution is 7.89. The maximum absolute atomic E-state index is 12.7. The van der Waals surface area contributed by atoms with Crippen LogP contribution in [0.2, 0.25) is 5.02 Å². The molecule has 0 radical (unpaired) electrons. The monoisotopic (exact) mass is 315 g/mol. The SMILES string of the molecule is C[C@@H]1C[C@@H]2CN(S(=O)(=O)c3ccccc3Cl)CC[C@H]2O1. The molecule has 0 spiro atoms. The standard InChI is InChI=1S/C14H18ClNO3S/c1-10-8-11-9-16(7-6-13(11)19-10)20(17,18)14-5-3-2-4-12(14)15/h2-5,10-11,13H,6-9H2,1H3/t10-,11-,13-/m1/s1. The van der Waals surface area contributed by atoms with Gasteiger partial charge in [0.25, 0.3) is 0 Å². The Labute approximate surface area is 124 Å². The molecule has 0 N–H and O–H groups in total. The van der Waals surface area contributed by atoms with E-state index in [1.165, 1.54) is 0 Å². The maximum Gasteiger partial charge on any atom is 0.244 e. The van der Waals surface area contributed by atoms with Gasteiger partial charge in [0.15, 0.2) is 0 Å². The second-order valence-corrected chi connectivity index (χ2v) is 7.88. The van der Waals surface area contributed by atoms with Gasteiger partial charge in [0.05, 0.1) is 17.2 Å². The van der Waals surface area contributed by atoms with E-state index in [1.807, 2.05) is 6.92 Å². The molecule has 1 aromatic carbocycles. The zero-order chi connectivity index (χ0) is 14.3. The van der Waals surface area contributed by atoms with Gasteiger partial charge in [0.1, 0.15) is 4.90 Å². The minimum atomic E-state index is -3.50. The topological polar surface area (TPSA) is 46.6 Å². The van der Waals surface area contributed by atoms with E-state index in [9.17, 15) is 8.42 Å². The molecule has 2 fully saturated rings. The lowest BCUT2D eigenvalue weighted by Crippen LogP contribution is -2.44. The van der Waals surface area contributed by atoms with E-state index in [0.29, 0.717) is 19.0 Å². The molecular formula is C14H18ClNO3S. The van der Waals surface area contributed by atoms with Crippen LogP contribution < -0.4 is 0 Å². The summed E-state index contributed by atoms with van der Waals surface area (Å²) in [6, 6.07) is 6.62. The minimum Gasteiger partial charge on any atom is -0.375 e. The second-order valence-electron chi connectivity index (χ2n) is 5.56. The summed E-state index contributed by atoms with van der Waals surface area (Å²) < 4.78 is 32.7. The predicted molar refractivity (Wildman–Crippen MR) is 77.3 cm³/mol. The summed E-state index contributed by atoms with van der Waals surface area (Å²) in [7, 11) is -3.50. The van der Waals surface area contributed by atoms with Gasteiger partial charge >= 0.3 is 0 Å². The number of halogens is 1. The number of piperidine rings is 1. The van der Waals surface area contributed by atoms with Gasteiger partial charge < -0.3 is 4.74 Å². The molecule has 0 aliphatic carbocycles. The van der Waals surface area contributed by atoms with Crippen molar-refractivity contribution < 1.29 is 13.2 Å². The number of ether oxygens (including phenoxy) is 1. The Bertz CT molecular complexity index is 604. The fourth-order valence-corrected chi connectivity index (χ4v) is 5.18. The van der Waals surface area contributed by atoms with Crippen molar-refractivity contribution in [3.8, 4) is 0 Å². The van der Waals surface area contributed by atoms with Crippen LogP contribution in [0.5, 0.6) is 0 Å². The van der Waals surface area contributed by atoms with Gasteiger partial charge in [-0.05, 0) is 31.9 Å². The third-order valence-corrected chi connectivity index (χ3v) is 6.49. The van der Waals surface area contributed by atoms with Gasteiger partial charge in [0, 0.05) is 19.0 Å². The van der Waals surface area contributed by atoms with Crippen molar-refractivity contribution in [1.29, 1.82) is 0 Å². The minimum absolute atomic E-state index is 0.201. The van der Waals surface area contributed by atoms with Gasteiger partial charge in [-0.1, -0.05) is 23.7 Å². The predicted octanol–water partition coefficient (Wildman–Crippen LogP) is 2.53. The summed E-state index contributed by atoms with van der Waals surface area (Å²) in [5.74, 6) is 0.302. The van der Waals surface area contributed by atoms with E-state index in [4.69, 9.17) is 16.3 Å². The summed E-state index contributed by atoms with van der Waals surface area (Å²) in [4.78, 5) is 0.201. The molecule has 20 heavy (non-hydrogen) atoms. The molecule has 3 rings (SSSR count). The van der Waals surface area contributed by atoms with Crippen molar-refractivity contribution in [2.75, 3.05) is 13.1 Å². The zero-order valence-electron chi connectivity index (χ0n) is 11.3. The summed E-state index contributed by atoms with van der Waals surface area (Å²) in [5.41, 5.74) is 0. The van der Waals surface area contributed by atoms with Gasteiger partial charge in [-0.3, -0.25) is 0 Å². The van der Waals surface area contributed by atoms with E-state index in [1.54, 1.807) is 28.6 Å². The third kappa shape index (κ3) is 2.48. The molecule has 2 aliphatic rings. The number of fused-ring (bicyclic) bond motifs is 1. The third-order valence-electron chi connectivity index (χ3n) is 4.12. The number of rotatable bonds is 2. The molecule has 110 valence electrons. The van der Waals surface area contributed by atoms with Crippen molar-refractivity contribution in [3.63, 3.8) is 0 Å². The molecule has 0 saturated carbocycles. The van der Waals surface area contributed by atoms with Crippen LogP contribution >= 0.6 is 11.6 Å². The van der Waals surface area contributed by atoms with E-state index in [2.05, 4.69) is 0 Å². The fourth-order valence-electron chi connectivity index (χ4n) is 3.17. The largest absolute Gasteiger partial charge is 0.375 e. The molecule has 0 amide bonds. The van der Waals surface area contributed by atoms with Gasteiger partial charge in [-0.25, -0.2) is 8.42 Å². The maximum atomic E-state index is 12.7. The lowest BCUT2D eigenvalue weighted by molar-refractivity contribution is 0.0206. The van der Waals surface area contributed by atoms with E-state index in [-0.39, 0.29) is 22.1 Å². The fraction of sp³-hybridized carbons (Fsp3) is 0.571. The van der Waals surface area contributed by atoms with Crippen molar-refractivity contribution in [3.05, 3.63) is 29.3 Å². The molecule has 2 saturated heterocycles. The molecule has 3 atom stereocenters. The Hall–Kier alpha value is -0.620. The molecule has 0 aromatic heterocycles. The van der Waals surface area contributed by atoms with Crippen LogP contribution in [-0.4, -0.2) is 38.0 Å². The number of sulfonamides is 1. The average Bonchev–Trinajstić information content (AvgIpc) is 2.78. The highest BCUT2D eigenvalue weighted by atomic mass is 35.5. The number of nitrogens with zero attached hydrogens (tertiary/aromatic N) is 1. The zero-order valence-corrected chi connectivity index (χ0v) is 12.9. The van der Waals surface area contributed by atoms with Crippen molar-refractivity contribution >= 4 is 21.6 Å². The lowest BCUT2D eigenvalue weighted by atomic mass is 9.94. The first-order valence-corrected chi connectivity index (χ1v) is 8.70. The normalized spacial score (nSPS) is 31.2. The summed E-state index contributed by atoms with van der Waals surface area (Å²) in [6.07, 6.45) is 2.13. The molecule has 4 nitrogen and oxygen atoms in total. The summed E-state index contributed by atoms with van der Waals surface area (Å²) in [5, 5.41) is 0.283. The Morgan fingerprint density at radius 3 is 2.85 bits per heavy atom. The number of benzene rings is 1. The Morgan fingerprint density at radius 1 is 1.35 bits per heavy atom. The van der Waals surface area contributed by atoms with E-state index in [0.717, 1.165) is 12.8 Å². The van der Waals surface area contributed by atoms with Gasteiger partial charge in [-0.15, -0.1) is 0 Å². The quantitative estimate of drug-likeness (QED) is 0.842. The second kappa shape index (κ2) is 5.30. The lowest BCUT2D eigenvalue weighted by Gasteiger charge is -2.33. The molecule has 1 aromatic rings. The molecule has 2 heterocycles. The average molecular weight is 316 g/mol. The van der Waals surface area contributed by atoms with E-state index >= 15 is 0 Å². The first kappa shape index (κ1) is 14.3. The van der Waals surface area contributed by atoms with Crippen LogP contribution in [0, 0.1) is 5.92 Å². The van der Waals surface area contributed by atoms with Crippen molar-refractivity contribution in [2.24, 2.45) is 5.92 Å². The number of hydrogen-bond acceptors (Lipinski definition) is 3. The van der Waals surface area contributed by atoms with Crippen LogP contribution in [0.1, 0.15) is 19.8 Å². The van der Waals surface area contributed by atoms with Crippen LogP contribution in [0.3, 0.4) is 0 Å². The number of hydrogen-bond donors (Lipinski definition) is 0. The smallest absolute Gasteiger partial charge is 0.244 e. The van der Waals surface area contributed by atoms with Crippen LogP contribution in [0.25, 0.3) is 0 Å². The van der Waals surface area contributed by atoms with Crippen LogP contribution in [0.15, 0.2) is 29.2 Å². The Morgan fingerprint density at radius 2 is 2.10 bits per heavy atom. The van der Waals surface area contributed by atoms with Gasteiger partial charge in [0.2, 0.25) is 10.0 Å². The highest BCUT2D eigenvalue weighted by Crippen LogP contribution is 2.35. The van der Waals surface area contributed by atoms with Crippen molar-refractivity contribution in [2.45, 2.75) is 36.9 Å². The van der Waals surface area contributed by atoms with Crippen LogP contribution in [-0.2, 0) is 14.8 Å². The van der Waals surface area contributed by atoms with Crippen molar-refractivity contribution in [1.82, 2.24) is 4.31 Å². The van der Waals surface area contributed by atoms with E-state index < -0.39 is 10.0 Å². The first-order valence-electron chi connectivity index (χ1n) is 6.88. The Kier molecular flexibility index (Phi) is 3.79. The molecule has 0 bridgehead atoms. The first-order chi connectivity index (χ1) is 9.48. The Balaban J connectivity index is 1.84. The van der Waals surface area contributed by atoms with Crippen LogP contribution in [0.4, 0.5) is 0 Å². The molecule has 2 aliphatic heterocycles. The highest BCUT2D eigenvalue weighted by Gasteiger charge is 2.41.